The van der Waals surface area contributed by atoms with Crippen LogP contribution in [0.4, 0.5) is 21.5 Å². The summed E-state index contributed by atoms with van der Waals surface area (Å²) >= 11 is 2.68. The van der Waals surface area contributed by atoms with Gasteiger partial charge in [-0.3, -0.25) is 9.69 Å². The number of hydrogen-bond donors (Lipinski definition) is 1. The molecule has 0 bridgehead atoms. The molecule has 2 aliphatic heterocycles. The highest BCUT2D eigenvalue weighted by molar-refractivity contribution is 8.19. The second-order valence-corrected chi connectivity index (χ2v) is 10.2. The summed E-state index contributed by atoms with van der Waals surface area (Å²) in [4.78, 5) is 23.5. The zero-order chi connectivity index (χ0) is 25.2. The molecule has 2 aliphatic rings. The highest BCUT2D eigenvalue weighted by atomic mass is 32.2. The van der Waals surface area contributed by atoms with Crippen LogP contribution in [-0.2, 0) is 11.3 Å². The quantitative estimate of drug-likeness (QED) is 0.402. The number of carbonyl (C=O) groups is 1. The molecule has 1 N–H and O–H groups in total. The molecule has 3 aromatic rings. The summed E-state index contributed by atoms with van der Waals surface area (Å²) < 4.78 is 13.9. The van der Waals surface area contributed by atoms with Gasteiger partial charge in [-0.05, 0) is 60.6 Å². The molecule has 0 atom stereocenters. The van der Waals surface area contributed by atoms with E-state index in [0.29, 0.717) is 34.4 Å². The van der Waals surface area contributed by atoms with E-state index in [-0.39, 0.29) is 11.7 Å². The van der Waals surface area contributed by atoms with Crippen molar-refractivity contribution in [3.63, 3.8) is 0 Å². The van der Waals surface area contributed by atoms with E-state index >= 15 is 0 Å². The van der Waals surface area contributed by atoms with Crippen LogP contribution in [0.5, 0.6) is 0 Å². The molecule has 1 fully saturated rings. The first-order valence-corrected chi connectivity index (χ1v) is 13.0. The maximum absolute atomic E-state index is 13.9. The fourth-order valence-corrected chi connectivity index (χ4v) is 6.35. The number of nitrogens with zero attached hydrogens (tertiary/aromatic N) is 4. The number of amidine groups is 1. The smallest absolute Gasteiger partial charge is 0.269 e. The van der Waals surface area contributed by atoms with E-state index in [1.54, 1.807) is 23.1 Å². The minimum absolute atomic E-state index is 0.160. The molecule has 9 heteroatoms. The molecule has 2 heterocycles. The monoisotopic (exact) mass is 515 g/mol. The van der Waals surface area contributed by atoms with Crippen LogP contribution in [0.2, 0.25) is 0 Å². The minimum atomic E-state index is -0.312. The van der Waals surface area contributed by atoms with Gasteiger partial charge >= 0.3 is 0 Å². The van der Waals surface area contributed by atoms with Crippen molar-refractivity contribution in [2.75, 3.05) is 23.8 Å². The third-order valence-corrected chi connectivity index (χ3v) is 8.16. The Morgan fingerprint density at radius 1 is 1.08 bits per heavy atom. The Balaban J connectivity index is 1.59. The lowest BCUT2D eigenvalue weighted by molar-refractivity contribution is -0.122. The topological polar surface area (TPSA) is 71.7 Å². The van der Waals surface area contributed by atoms with Crippen molar-refractivity contribution in [1.29, 1.82) is 5.26 Å². The van der Waals surface area contributed by atoms with Gasteiger partial charge in [0.15, 0.2) is 5.17 Å². The number of anilines is 2. The van der Waals surface area contributed by atoms with E-state index in [4.69, 9.17) is 4.99 Å². The highest BCUT2D eigenvalue weighted by Crippen LogP contribution is 2.50. The first-order valence-electron chi connectivity index (χ1n) is 11.3. The van der Waals surface area contributed by atoms with Gasteiger partial charge in [-0.25, -0.2) is 9.38 Å². The molecule has 180 valence electrons. The SMILES string of the molecule is CCNc1ccc(C#N)cc1N=C1S/C(=C2\Sc3cc(F)ccc3N2C)C(=O)N1Cc1ccccc1. The number of nitriles is 1. The number of halogens is 1. The van der Waals surface area contributed by atoms with Gasteiger partial charge in [0.2, 0.25) is 0 Å². The Morgan fingerprint density at radius 3 is 2.64 bits per heavy atom. The average Bonchev–Trinajstić information content (AvgIpc) is 3.36. The normalized spacial score (nSPS) is 18.1. The van der Waals surface area contributed by atoms with E-state index in [0.717, 1.165) is 26.9 Å². The third kappa shape index (κ3) is 4.57. The first kappa shape index (κ1) is 24.0. The lowest BCUT2D eigenvalue weighted by Crippen LogP contribution is -2.29. The molecular weight excluding hydrogens is 493 g/mol. The van der Waals surface area contributed by atoms with Gasteiger partial charge in [0.25, 0.3) is 5.91 Å². The van der Waals surface area contributed by atoms with Crippen molar-refractivity contribution in [3.05, 3.63) is 93.6 Å². The number of nitrogens with one attached hydrogen (secondary N) is 1. The first-order chi connectivity index (χ1) is 17.5. The van der Waals surface area contributed by atoms with Gasteiger partial charge in [0, 0.05) is 18.5 Å². The van der Waals surface area contributed by atoms with Crippen molar-refractivity contribution >= 4 is 51.7 Å². The molecule has 0 aliphatic carbocycles. The Kier molecular flexibility index (Phi) is 6.72. The zero-order valence-corrected chi connectivity index (χ0v) is 21.3. The second kappa shape index (κ2) is 10.1. The number of thioether (sulfide) groups is 2. The number of amides is 1. The Hall–Kier alpha value is -3.74. The molecule has 36 heavy (non-hydrogen) atoms. The largest absolute Gasteiger partial charge is 0.384 e. The minimum Gasteiger partial charge on any atom is -0.384 e. The molecule has 1 amide bonds. The fourth-order valence-electron chi connectivity index (χ4n) is 3.99. The molecular formula is C27H22FN5OS2. The zero-order valence-electron chi connectivity index (χ0n) is 19.7. The van der Waals surface area contributed by atoms with E-state index in [2.05, 4.69) is 11.4 Å². The molecule has 0 aromatic heterocycles. The average molecular weight is 516 g/mol. The van der Waals surface area contributed by atoms with Crippen molar-refractivity contribution in [2.24, 2.45) is 4.99 Å². The summed E-state index contributed by atoms with van der Waals surface area (Å²) in [6.45, 7) is 3.03. The molecule has 0 saturated carbocycles. The van der Waals surface area contributed by atoms with Crippen molar-refractivity contribution < 1.29 is 9.18 Å². The maximum atomic E-state index is 13.9. The standard InChI is InChI=1S/C27H22FN5OS2/c1-3-30-20-11-9-18(15-29)13-21(20)31-27-33(16-17-7-5-4-6-8-17)25(34)24(36-27)26-32(2)22-12-10-19(28)14-23(22)35-26/h4-14,30H,3,16H2,1-2H3/b26-24-,31-27?. The molecule has 0 unspecified atom stereocenters. The van der Waals surface area contributed by atoms with Gasteiger partial charge in [0.1, 0.15) is 10.7 Å². The molecule has 5 rings (SSSR count). The summed E-state index contributed by atoms with van der Waals surface area (Å²) in [6, 6.07) is 21.8. The second-order valence-electron chi connectivity index (χ2n) is 8.15. The van der Waals surface area contributed by atoms with Crippen LogP contribution in [0.25, 0.3) is 0 Å². The van der Waals surface area contributed by atoms with Gasteiger partial charge < -0.3 is 10.2 Å². The summed E-state index contributed by atoms with van der Waals surface area (Å²) in [5.41, 5.74) is 3.69. The number of benzene rings is 3. The Morgan fingerprint density at radius 2 is 1.89 bits per heavy atom. The molecule has 1 saturated heterocycles. The lowest BCUT2D eigenvalue weighted by Gasteiger charge is -2.17. The van der Waals surface area contributed by atoms with Gasteiger partial charge in [-0.1, -0.05) is 42.1 Å². The number of rotatable bonds is 5. The lowest BCUT2D eigenvalue weighted by atomic mass is 10.2. The molecule has 6 nitrogen and oxygen atoms in total. The number of carbonyl (C=O) groups excluding carboxylic acids is 1. The Labute approximate surface area is 217 Å². The van der Waals surface area contributed by atoms with Crippen LogP contribution in [0, 0.1) is 17.1 Å². The summed E-state index contributed by atoms with van der Waals surface area (Å²) in [5, 5.41) is 14.0. The van der Waals surface area contributed by atoms with Gasteiger partial charge in [-0.2, -0.15) is 5.26 Å². The van der Waals surface area contributed by atoms with Crippen LogP contribution < -0.4 is 10.2 Å². The molecule has 3 aromatic carbocycles. The molecule has 0 spiro atoms. The van der Waals surface area contributed by atoms with Gasteiger partial charge in [0.05, 0.1) is 40.3 Å². The number of aliphatic imine (C=N–C) groups is 1. The van der Waals surface area contributed by atoms with Crippen LogP contribution in [-0.4, -0.2) is 29.6 Å². The number of fused-ring (bicyclic) bond motifs is 1. The number of hydrogen-bond acceptors (Lipinski definition) is 7. The van der Waals surface area contributed by atoms with Gasteiger partial charge in [-0.15, -0.1) is 0 Å². The molecule has 0 radical (unpaired) electrons. The third-order valence-electron chi connectivity index (χ3n) is 5.75. The van der Waals surface area contributed by atoms with Crippen molar-refractivity contribution in [3.8, 4) is 6.07 Å². The van der Waals surface area contributed by atoms with E-state index in [1.165, 1.54) is 35.7 Å². The highest BCUT2D eigenvalue weighted by Gasteiger charge is 2.39. The maximum Gasteiger partial charge on any atom is 0.269 e. The van der Waals surface area contributed by atoms with Crippen molar-refractivity contribution in [1.82, 2.24) is 4.90 Å². The fraction of sp³-hybridized carbons (Fsp3) is 0.148. The Bertz CT molecular complexity index is 1450. The van der Waals surface area contributed by atoms with Crippen LogP contribution in [0.15, 0.2) is 86.6 Å². The summed E-state index contributed by atoms with van der Waals surface area (Å²) in [7, 11) is 1.88. The van der Waals surface area contributed by atoms with E-state index in [9.17, 15) is 14.4 Å². The summed E-state index contributed by atoms with van der Waals surface area (Å²) in [6.07, 6.45) is 0. The van der Waals surface area contributed by atoms with E-state index in [1.807, 2.05) is 55.3 Å². The summed E-state index contributed by atoms with van der Waals surface area (Å²) in [5.74, 6) is -0.473. The van der Waals surface area contributed by atoms with Crippen LogP contribution >= 0.6 is 23.5 Å². The van der Waals surface area contributed by atoms with E-state index < -0.39 is 0 Å². The predicted molar refractivity (Wildman–Crippen MR) is 145 cm³/mol. The predicted octanol–water partition coefficient (Wildman–Crippen LogP) is 6.30. The van der Waals surface area contributed by atoms with Crippen LogP contribution in [0.3, 0.4) is 0 Å². The van der Waals surface area contributed by atoms with Crippen molar-refractivity contribution in [2.45, 2.75) is 18.4 Å². The van der Waals surface area contributed by atoms with Crippen LogP contribution in [0.1, 0.15) is 18.1 Å².